The average Bonchev–Trinajstić information content (AvgIpc) is 3.16. The third-order valence-electron chi connectivity index (χ3n) is 9.97. The molecule has 0 aliphatic rings. The number of rotatable bonds is 44. The standard InChI is InChI=1S/C46H87NO6/c1-3-5-7-9-11-13-15-17-19-21-23-25-27-29-33-48-35-37-50-39-41-52-45-32-31-44(47)43-46(45)53-42-40-51-38-36-49-34-30-28-26-24-22-20-18-16-14-12-10-8-6-4-2/h31-32,43H,3-30,33-42,47H2,1-2H3. The molecule has 7 nitrogen and oxygen atoms in total. The van der Waals surface area contributed by atoms with Crippen LogP contribution in [0.25, 0.3) is 0 Å². The van der Waals surface area contributed by atoms with E-state index in [2.05, 4.69) is 13.8 Å². The quantitative estimate of drug-likeness (QED) is 0.0525. The Kier molecular flexibility index (Phi) is 38.9. The SMILES string of the molecule is CCCCCCCCCCCCCCCCOCCOCCOc1ccc(N)cc1OCCOCCOCCCCCCCCCCCCCCCC. The molecule has 312 valence electrons. The molecule has 0 aliphatic heterocycles. The number of hydrogen-bond acceptors (Lipinski definition) is 7. The number of hydrogen-bond donors (Lipinski definition) is 1. The van der Waals surface area contributed by atoms with Gasteiger partial charge in [0.2, 0.25) is 0 Å². The molecular weight excluding hydrogens is 663 g/mol. The summed E-state index contributed by atoms with van der Waals surface area (Å²) in [6.45, 7) is 10.4. The highest BCUT2D eigenvalue weighted by Gasteiger charge is 2.07. The Hall–Kier alpha value is -1.54. The monoisotopic (exact) mass is 750 g/mol. The fourth-order valence-corrected chi connectivity index (χ4v) is 6.62. The van der Waals surface area contributed by atoms with Crippen molar-refractivity contribution in [1.82, 2.24) is 0 Å². The van der Waals surface area contributed by atoms with Gasteiger partial charge in [-0.15, -0.1) is 0 Å². The van der Waals surface area contributed by atoms with E-state index in [9.17, 15) is 0 Å². The molecule has 0 bridgehead atoms. The van der Waals surface area contributed by atoms with Crippen LogP contribution in [0.15, 0.2) is 18.2 Å². The lowest BCUT2D eigenvalue weighted by Gasteiger charge is -2.14. The minimum absolute atomic E-state index is 0.423. The molecule has 0 radical (unpaired) electrons. The molecule has 0 aliphatic carbocycles. The molecule has 1 aromatic carbocycles. The maximum absolute atomic E-state index is 6.00. The average molecular weight is 750 g/mol. The Bertz CT molecular complexity index is 855. The number of benzene rings is 1. The van der Waals surface area contributed by atoms with Gasteiger partial charge in [-0.2, -0.15) is 0 Å². The van der Waals surface area contributed by atoms with Crippen molar-refractivity contribution < 1.29 is 28.4 Å². The summed E-state index contributed by atoms with van der Waals surface area (Å²) < 4.78 is 34.8. The highest BCUT2D eigenvalue weighted by atomic mass is 16.6. The molecule has 2 N–H and O–H groups in total. The van der Waals surface area contributed by atoms with E-state index in [1.165, 1.54) is 167 Å². The van der Waals surface area contributed by atoms with Gasteiger partial charge in [-0.05, 0) is 25.0 Å². The van der Waals surface area contributed by atoms with Gasteiger partial charge in [-0.25, -0.2) is 0 Å². The van der Waals surface area contributed by atoms with Crippen LogP contribution in [0.2, 0.25) is 0 Å². The predicted octanol–water partition coefficient (Wildman–Crippen LogP) is 13.1. The number of unbranched alkanes of at least 4 members (excludes halogenated alkanes) is 26. The first-order chi connectivity index (χ1) is 26.3. The highest BCUT2D eigenvalue weighted by molar-refractivity contribution is 5.52. The van der Waals surface area contributed by atoms with Gasteiger partial charge in [0.25, 0.3) is 0 Å². The summed E-state index contributed by atoms with van der Waals surface area (Å²) >= 11 is 0. The van der Waals surface area contributed by atoms with E-state index in [0.29, 0.717) is 70.0 Å². The molecule has 53 heavy (non-hydrogen) atoms. The smallest absolute Gasteiger partial charge is 0.163 e. The summed E-state index contributed by atoms with van der Waals surface area (Å²) in [6, 6.07) is 5.46. The molecule has 0 unspecified atom stereocenters. The second kappa shape index (κ2) is 41.6. The van der Waals surface area contributed by atoms with Gasteiger partial charge in [-0.3, -0.25) is 0 Å². The first-order valence-corrected chi connectivity index (χ1v) is 22.7. The molecule has 0 heterocycles. The van der Waals surface area contributed by atoms with Crippen LogP contribution in [0.3, 0.4) is 0 Å². The van der Waals surface area contributed by atoms with Crippen LogP contribution in [-0.2, 0) is 18.9 Å². The van der Waals surface area contributed by atoms with E-state index < -0.39 is 0 Å². The Morgan fingerprint density at radius 2 is 0.604 bits per heavy atom. The first-order valence-electron chi connectivity index (χ1n) is 22.7. The molecule has 0 saturated heterocycles. The maximum Gasteiger partial charge on any atom is 0.163 e. The summed E-state index contributed by atoms with van der Waals surface area (Å²) in [6.07, 6.45) is 38.4. The van der Waals surface area contributed by atoms with Gasteiger partial charge in [0, 0.05) is 25.0 Å². The molecule has 0 fully saturated rings. The van der Waals surface area contributed by atoms with Crippen LogP contribution in [0.5, 0.6) is 11.5 Å². The molecular formula is C46H87NO6. The van der Waals surface area contributed by atoms with Gasteiger partial charge in [0.1, 0.15) is 13.2 Å². The van der Waals surface area contributed by atoms with Gasteiger partial charge in [0.05, 0.1) is 39.6 Å². The van der Waals surface area contributed by atoms with Crippen molar-refractivity contribution in [2.45, 2.75) is 194 Å². The van der Waals surface area contributed by atoms with Crippen LogP contribution < -0.4 is 15.2 Å². The molecule has 0 spiro atoms. The fourth-order valence-electron chi connectivity index (χ4n) is 6.62. The molecule has 0 saturated carbocycles. The molecule has 0 aromatic heterocycles. The van der Waals surface area contributed by atoms with Gasteiger partial charge < -0.3 is 34.2 Å². The Morgan fingerprint density at radius 1 is 0.321 bits per heavy atom. The highest BCUT2D eigenvalue weighted by Crippen LogP contribution is 2.29. The van der Waals surface area contributed by atoms with E-state index in [1.807, 2.05) is 12.1 Å². The fraction of sp³-hybridized carbons (Fsp3) is 0.870. The molecule has 1 rings (SSSR count). The minimum atomic E-state index is 0.423. The van der Waals surface area contributed by atoms with E-state index >= 15 is 0 Å². The minimum Gasteiger partial charge on any atom is -0.487 e. The number of nitrogen functional groups attached to an aromatic ring is 1. The normalized spacial score (nSPS) is 11.4. The van der Waals surface area contributed by atoms with Gasteiger partial charge in [0.15, 0.2) is 11.5 Å². The first kappa shape index (κ1) is 49.5. The van der Waals surface area contributed by atoms with Crippen LogP contribution in [0.1, 0.15) is 194 Å². The topological polar surface area (TPSA) is 81.4 Å². The molecule has 0 amide bonds. The van der Waals surface area contributed by atoms with Crippen molar-refractivity contribution in [2.75, 3.05) is 71.8 Å². The molecule has 1 aromatic rings. The number of anilines is 1. The Morgan fingerprint density at radius 3 is 0.962 bits per heavy atom. The third-order valence-corrected chi connectivity index (χ3v) is 9.97. The van der Waals surface area contributed by atoms with Crippen LogP contribution in [0, 0.1) is 0 Å². The predicted molar refractivity (Wildman–Crippen MR) is 226 cm³/mol. The summed E-state index contributed by atoms with van der Waals surface area (Å²) in [5, 5.41) is 0. The van der Waals surface area contributed by atoms with Crippen molar-refractivity contribution in [1.29, 1.82) is 0 Å². The van der Waals surface area contributed by atoms with Crippen molar-refractivity contribution in [2.24, 2.45) is 0 Å². The number of nitrogens with two attached hydrogens (primary N) is 1. The summed E-state index contributed by atoms with van der Waals surface area (Å²) in [5.74, 6) is 1.28. The van der Waals surface area contributed by atoms with Crippen molar-refractivity contribution >= 4 is 5.69 Å². The van der Waals surface area contributed by atoms with E-state index in [-0.39, 0.29) is 0 Å². The summed E-state index contributed by atoms with van der Waals surface area (Å²) in [4.78, 5) is 0. The van der Waals surface area contributed by atoms with Crippen molar-refractivity contribution in [3.8, 4) is 11.5 Å². The Balaban J connectivity index is 1.87. The molecule has 0 atom stereocenters. The summed E-state index contributed by atoms with van der Waals surface area (Å²) in [5.41, 5.74) is 6.63. The zero-order valence-electron chi connectivity index (χ0n) is 35.1. The maximum atomic E-state index is 6.00. The van der Waals surface area contributed by atoms with Crippen molar-refractivity contribution in [3.63, 3.8) is 0 Å². The second-order valence-corrected chi connectivity index (χ2v) is 15.0. The van der Waals surface area contributed by atoms with Gasteiger partial charge >= 0.3 is 0 Å². The lowest BCUT2D eigenvalue weighted by Crippen LogP contribution is -2.13. The molecule has 7 heteroatoms. The third kappa shape index (κ3) is 35.9. The van der Waals surface area contributed by atoms with E-state index in [0.717, 1.165) is 26.1 Å². The zero-order chi connectivity index (χ0) is 38.0. The lowest BCUT2D eigenvalue weighted by molar-refractivity contribution is 0.0320. The second-order valence-electron chi connectivity index (χ2n) is 15.0. The number of ether oxygens (including phenoxy) is 6. The largest absolute Gasteiger partial charge is 0.487 e. The Labute approximate surface area is 328 Å². The van der Waals surface area contributed by atoms with Crippen LogP contribution >= 0.6 is 0 Å². The van der Waals surface area contributed by atoms with Crippen LogP contribution in [0.4, 0.5) is 5.69 Å². The van der Waals surface area contributed by atoms with E-state index in [1.54, 1.807) is 6.07 Å². The van der Waals surface area contributed by atoms with E-state index in [4.69, 9.17) is 34.2 Å². The van der Waals surface area contributed by atoms with Crippen LogP contribution in [-0.4, -0.2) is 66.1 Å². The van der Waals surface area contributed by atoms with Crippen molar-refractivity contribution in [3.05, 3.63) is 18.2 Å². The zero-order valence-corrected chi connectivity index (χ0v) is 35.1. The van der Waals surface area contributed by atoms with Gasteiger partial charge in [-0.1, -0.05) is 181 Å². The summed E-state index contributed by atoms with van der Waals surface area (Å²) in [7, 11) is 0. The lowest BCUT2D eigenvalue weighted by atomic mass is 10.0.